The van der Waals surface area contributed by atoms with Gasteiger partial charge in [-0.1, -0.05) is 6.92 Å². The van der Waals surface area contributed by atoms with Gasteiger partial charge in [0.1, 0.15) is 11.3 Å². The first-order valence-corrected chi connectivity index (χ1v) is 6.53. The number of aliphatic hydroxyl groups excluding tert-OH is 3. The van der Waals surface area contributed by atoms with Gasteiger partial charge in [0.25, 0.3) is 5.69 Å². The van der Waals surface area contributed by atoms with Gasteiger partial charge in [-0.2, -0.15) is 0 Å². The number of ether oxygens (including phenoxy) is 1. The fourth-order valence-electron chi connectivity index (χ4n) is 1.64. The van der Waals surface area contributed by atoms with E-state index in [-0.39, 0.29) is 11.4 Å². The van der Waals surface area contributed by atoms with E-state index in [1.807, 2.05) is 6.92 Å². The van der Waals surface area contributed by atoms with Crippen molar-refractivity contribution in [2.75, 3.05) is 31.7 Å². The molecule has 0 radical (unpaired) electrons. The molecule has 1 rings (SSSR count). The van der Waals surface area contributed by atoms with E-state index in [4.69, 9.17) is 4.74 Å². The summed E-state index contributed by atoms with van der Waals surface area (Å²) in [6.07, 6.45) is 0.749. The Morgan fingerprint density at radius 2 is 1.86 bits per heavy atom. The second-order valence-corrected chi connectivity index (χ2v) is 4.70. The van der Waals surface area contributed by atoms with Gasteiger partial charge in [0.05, 0.1) is 37.4 Å². The fraction of sp³-hybridized carbons (Fsp3) is 0.538. The van der Waals surface area contributed by atoms with E-state index in [0.29, 0.717) is 12.4 Å². The first kappa shape index (κ1) is 17.2. The minimum atomic E-state index is -1.36. The predicted octanol–water partition coefficient (Wildman–Crippen LogP) is 0.511. The highest BCUT2D eigenvalue weighted by molar-refractivity contribution is 5.57. The summed E-state index contributed by atoms with van der Waals surface area (Å²) in [7, 11) is 0. The molecule has 8 heteroatoms. The number of anilines is 1. The van der Waals surface area contributed by atoms with E-state index in [1.54, 1.807) is 0 Å². The first-order valence-electron chi connectivity index (χ1n) is 6.53. The Balaban J connectivity index is 3.09. The lowest BCUT2D eigenvalue weighted by Gasteiger charge is -2.29. The molecule has 0 heterocycles. The van der Waals surface area contributed by atoms with Crippen LogP contribution in [0.25, 0.3) is 0 Å². The summed E-state index contributed by atoms with van der Waals surface area (Å²) in [5, 5.41) is 41.5. The van der Waals surface area contributed by atoms with Crippen LogP contribution in [0.4, 0.5) is 11.4 Å². The number of hydrogen-bond acceptors (Lipinski definition) is 7. The Hall–Kier alpha value is -1.90. The molecule has 0 amide bonds. The molecule has 0 atom stereocenters. The monoisotopic (exact) mass is 300 g/mol. The van der Waals surface area contributed by atoms with Crippen LogP contribution in [-0.4, -0.2) is 52.2 Å². The number of benzene rings is 1. The predicted molar refractivity (Wildman–Crippen MR) is 76.5 cm³/mol. The molecule has 0 saturated carbocycles. The molecule has 1 aromatic carbocycles. The van der Waals surface area contributed by atoms with Crippen LogP contribution < -0.4 is 10.1 Å². The molecular formula is C13H20N2O6. The summed E-state index contributed by atoms with van der Waals surface area (Å²) in [6, 6.07) is 4.05. The van der Waals surface area contributed by atoms with Crippen LogP contribution in [0.5, 0.6) is 5.75 Å². The second-order valence-electron chi connectivity index (χ2n) is 4.70. The Morgan fingerprint density at radius 3 is 2.33 bits per heavy atom. The number of nitro groups is 1. The van der Waals surface area contributed by atoms with Crippen molar-refractivity contribution in [3.63, 3.8) is 0 Å². The summed E-state index contributed by atoms with van der Waals surface area (Å²) in [4.78, 5) is 10.4. The Labute approximate surface area is 122 Å². The molecule has 0 fully saturated rings. The lowest BCUT2D eigenvalue weighted by molar-refractivity contribution is -0.384. The molecular weight excluding hydrogens is 280 g/mol. The third-order valence-corrected chi connectivity index (χ3v) is 2.89. The number of nitrogens with zero attached hydrogens (tertiary/aromatic N) is 1. The maximum atomic E-state index is 10.9. The van der Waals surface area contributed by atoms with Crippen LogP contribution in [0, 0.1) is 10.1 Å². The number of hydrogen-bond donors (Lipinski definition) is 4. The highest BCUT2D eigenvalue weighted by Crippen LogP contribution is 2.28. The van der Waals surface area contributed by atoms with Crippen LogP contribution in [0.15, 0.2) is 18.2 Å². The van der Waals surface area contributed by atoms with Gasteiger partial charge >= 0.3 is 0 Å². The molecule has 0 aliphatic carbocycles. The Bertz CT molecular complexity index is 467. The topological polar surface area (TPSA) is 125 Å². The van der Waals surface area contributed by atoms with Crippen LogP contribution in [0.2, 0.25) is 0 Å². The standard InChI is InChI=1S/C13H20N2O6/c1-2-3-21-12-5-10(4-11(6-12)15(19)20)14-13(7-16,8-17)9-18/h4-6,14,16-18H,2-3,7-9H2,1H3. The highest BCUT2D eigenvalue weighted by Gasteiger charge is 2.28. The van der Waals surface area contributed by atoms with Crippen molar-refractivity contribution < 1.29 is 25.0 Å². The number of nitrogens with one attached hydrogen (secondary N) is 1. The van der Waals surface area contributed by atoms with Gasteiger partial charge in [-0.3, -0.25) is 10.1 Å². The van der Waals surface area contributed by atoms with Crippen molar-refractivity contribution in [1.29, 1.82) is 0 Å². The molecule has 4 N–H and O–H groups in total. The van der Waals surface area contributed by atoms with Gasteiger partial charge in [-0.15, -0.1) is 0 Å². The van der Waals surface area contributed by atoms with Crippen LogP contribution in [-0.2, 0) is 0 Å². The van der Waals surface area contributed by atoms with Crippen molar-refractivity contribution in [3.05, 3.63) is 28.3 Å². The van der Waals surface area contributed by atoms with E-state index in [0.717, 1.165) is 6.42 Å². The van der Waals surface area contributed by atoms with Crippen molar-refractivity contribution in [2.24, 2.45) is 0 Å². The smallest absolute Gasteiger partial charge is 0.275 e. The minimum Gasteiger partial charge on any atom is -0.493 e. The molecule has 0 aromatic heterocycles. The van der Waals surface area contributed by atoms with E-state index in [2.05, 4.69) is 5.32 Å². The maximum Gasteiger partial charge on any atom is 0.275 e. The molecule has 0 aliphatic heterocycles. The normalized spacial score (nSPS) is 11.2. The van der Waals surface area contributed by atoms with E-state index in [9.17, 15) is 25.4 Å². The molecule has 8 nitrogen and oxygen atoms in total. The van der Waals surface area contributed by atoms with Gasteiger partial charge in [-0.05, 0) is 6.42 Å². The average molecular weight is 300 g/mol. The van der Waals surface area contributed by atoms with Gasteiger partial charge in [0.15, 0.2) is 0 Å². The highest BCUT2D eigenvalue weighted by atomic mass is 16.6. The summed E-state index contributed by atoms with van der Waals surface area (Å²) in [5.41, 5.74) is -1.28. The zero-order valence-corrected chi connectivity index (χ0v) is 11.8. The van der Waals surface area contributed by atoms with Crippen LogP contribution in [0.1, 0.15) is 13.3 Å². The molecule has 118 valence electrons. The van der Waals surface area contributed by atoms with Crippen molar-refractivity contribution in [1.82, 2.24) is 0 Å². The molecule has 0 spiro atoms. The lowest BCUT2D eigenvalue weighted by atomic mass is 10.0. The summed E-state index contributed by atoms with van der Waals surface area (Å²) in [5.74, 6) is 0.302. The number of rotatable bonds is 9. The fourth-order valence-corrected chi connectivity index (χ4v) is 1.64. The van der Waals surface area contributed by atoms with Crippen LogP contribution in [0.3, 0.4) is 0 Å². The molecule has 0 bridgehead atoms. The summed E-state index contributed by atoms with van der Waals surface area (Å²) in [6.45, 7) is 0.714. The van der Waals surface area contributed by atoms with Crippen molar-refractivity contribution in [3.8, 4) is 5.75 Å². The maximum absolute atomic E-state index is 10.9. The average Bonchev–Trinajstić information content (AvgIpc) is 2.50. The zero-order chi connectivity index (χ0) is 15.9. The Morgan fingerprint density at radius 1 is 1.24 bits per heavy atom. The third-order valence-electron chi connectivity index (χ3n) is 2.89. The van der Waals surface area contributed by atoms with Gasteiger partial charge in [0.2, 0.25) is 0 Å². The summed E-state index contributed by atoms with van der Waals surface area (Å²) < 4.78 is 5.37. The first-order chi connectivity index (χ1) is 10.00. The Kier molecular flexibility index (Phi) is 6.35. The number of nitro benzene ring substituents is 1. The minimum absolute atomic E-state index is 0.186. The van der Waals surface area contributed by atoms with Crippen molar-refractivity contribution >= 4 is 11.4 Å². The second kappa shape index (κ2) is 7.77. The zero-order valence-electron chi connectivity index (χ0n) is 11.8. The van der Waals surface area contributed by atoms with Gasteiger partial charge in [0, 0.05) is 17.8 Å². The van der Waals surface area contributed by atoms with Gasteiger partial charge < -0.3 is 25.4 Å². The largest absolute Gasteiger partial charge is 0.493 e. The lowest BCUT2D eigenvalue weighted by Crippen LogP contribution is -2.49. The molecule has 0 aliphatic rings. The van der Waals surface area contributed by atoms with E-state index >= 15 is 0 Å². The molecule has 0 unspecified atom stereocenters. The molecule has 1 aromatic rings. The van der Waals surface area contributed by atoms with Crippen LogP contribution >= 0.6 is 0 Å². The molecule has 0 saturated heterocycles. The quantitative estimate of drug-likeness (QED) is 0.387. The van der Waals surface area contributed by atoms with Gasteiger partial charge in [-0.25, -0.2) is 0 Å². The third kappa shape index (κ3) is 4.55. The van der Waals surface area contributed by atoms with E-state index < -0.39 is 30.3 Å². The van der Waals surface area contributed by atoms with Crippen molar-refractivity contribution in [2.45, 2.75) is 18.9 Å². The van der Waals surface area contributed by atoms with E-state index in [1.165, 1.54) is 18.2 Å². The summed E-state index contributed by atoms with van der Waals surface area (Å²) >= 11 is 0. The SMILES string of the molecule is CCCOc1cc(NC(CO)(CO)CO)cc([N+](=O)[O-])c1. The number of aliphatic hydroxyl groups is 3. The number of non-ortho nitro benzene ring substituents is 1. The molecule has 21 heavy (non-hydrogen) atoms.